The molecule has 1 aliphatic carbocycles. The lowest BCUT2D eigenvalue weighted by molar-refractivity contribution is -0.124. The Morgan fingerprint density at radius 2 is 2.00 bits per heavy atom. The summed E-state index contributed by atoms with van der Waals surface area (Å²) < 4.78 is 2.04. The zero-order valence-corrected chi connectivity index (χ0v) is 11.7. The molecule has 19 heavy (non-hydrogen) atoms. The van der Waals surface area contributed by atoms with Crippen molar-refractivity contribution in [2.45, 2.75) is 38.6 Å². The van der Waals surface area contributed by atoms with Crippen molar-refractivity contribution in [3.05, 3.63) is 35.5 Å². The maximum absolute atomic E-state index is 12.3. The third kappa shape index (κ3) is 2.69. The van der Waals surface area contributed by atoms with Gasteiger partial charge in [0.05, 0.1) is 6.54 Å². The monoisotopic (exact) mass is 275 g/mol. The number of benzene rings is 1. The molecule has 0 unspecified atom stereocenters. The number of aromatic nitrogens is 1. The first-order valence-corrected chi connectivity index (χ1v) is 7.39. The van der Waals surface area contributed by atoms with E-state index in [9.17, 15) is 4.79 Å². The maximum atomic E-state index is 12.3. The van der Waals surface area contributed by atoms with E-state index in [1.54, 1.807) is 0 Å². The molecule has 3 rings (SSSR count). The summed E-state index contributed by atoms with van der Waals surface area (Å²) in [5.41, 5.74) is 1.09. The van der Waals surface area contributed by atoms with Gasteiger partial charge in [0.15, 0.2) is 5.78 Å². The summed E-state index contributed by atoms with van der Waals surface area (Å²) in [4.78, 5) is 12.3. The lowest BCUT2D eigenvalue weighted by Gasteiger charge is -2.20. The van der Waals surface area contributed by atoms with Crippen molar-refractivity contribution in [1.29, 1.82) is 0 Å². The zero-order chi connectivity index (χ0) is 13.2. The van der Waals surface area contributed by atoms with Gasteiger partial charge in [0, 0.05) is 28.0 Å². The van der Waals surface area contributed by atoms with E-state index in [1.807, 2.05) is 35.0 Å². The SMILES string of the molecule is O=C(Cn1ccc2cc(Cl)ccc21)C1CCCCC1. The molecule has 1 aromatic heterocycles. The standard InChI is InChI=1S/C16H18ClNO/c17-14-6-7-15-13(10-14)8-9-18(15)11-16(19)12-4-2-1-3-5-12/h6-10,12H,1-5,11H2. The molecule has 3 heteroatoms. The molecule has 0 amide bonds. The summed E-state index contributed by atoms with van der Waals surface area (Å²) in [7, 11) is 0. The van der Waals surface area contributed by atoms with Crippen molar-refractivity contribution >= 4 is 28.3 Å². The highest BCUT2D eigenvalue weighted by molar-refractivity contribution is 6.31. The van der Waals surface area contributed by atoms with Crippen LogP contribution in [0.4, 0.5) is 0 Å². The summed E-state index contributed by atoms with van der Waals surface area (Å²) in [5, 5.41) is 1.84. The highest BCUT2D eigenvalue weighted by atomic mass is 35.5. The van der Waals surface area contributed by atoms with Crippen molar-refractivity contribution in [3.8, 4) is 0 Å². The van der Waals surface area contributed by atoms with E-state index in [0.29, 0.717) is 12.3 Å². The number of nitrogens with zero attached hydrogens (tertiary/aromatic N) is 1. The smallest absolute Gasteiger partial charge is 0.155 e. The molecule has 1 saturated carbocycles. The molecular weight excluding hydrogens is 258 g/mol. The average Bonchev–Trinajstić information content (AvgIpc) is 2.82. The van der Waals surface area contributed by atoms with Gasteiger partial charge in [-0.25, -0.2) is 0 Å². The van der Waals surface area contributed by atoms with E-state index in [-0.39, 0.29) is 5.92 Å². The van der Waals surface area contributed by atoms with Gasteiger partial charge in [-0.2, -0.15) is 0 Å². The molecule has 1 aliphatic rings. The molecule has 0 radical (unpaired) electrons. The van der Waals surface area contributed by atoms with Crippen molar-refractivity contribution in [2.24, 2.45) is 5.92 Å². The van der Waals surface area contributed by atoms with Crippen LogP contribution in [0.2, 0.25) is 5.02 Å². The number of carbonyl (C=O) groups is 1. The number of halogens is 1. The highest BCUT2D eigenvalue weighted by Crippen LogP contribution is 2.26. The summed E-state index contributed by atoms with van der Waals surface area (Å²) in [5.74, 6) is 0.658. The summed E-state index contributed by atoms with van der Waals surface area (Å²) in [6.07, 6.45) is 7.83. The molecule has 0 bridgehead atoms. The first-order chi connectivity index (χ1) is 9.24. The predicted octanol–water partition coefficient (Wildman–Crippen LogP) is 4.44. The van der Waals surface area contributed by atoms with Gasteiger partial charge in [-0.1, -0.05) is 30.9 Å². The Morgan fingerprint density at radius 1 is 1.21 bits per heavy atom. The van der Waals surface area contributed by atoms with Gasteiger partial charge in [-0.3, -0.25) is 4.79 Å². The molecule has 0 N–H and O–H groups in total. The van der Waals surface area contributed by atoms with Gasteiger partial charge >= 0.3 is 0 Å². The molecule has 0 aliphatic heterocycles. The van der Waals surface area contributed by atoms with E-state index in [2.05, 4.69) is 0 Å². The first kappa shape index (κ1) is 12.7. The molecule has 1 fully saturated rings. The summed E-state index contributed by atoms with van der Waals surface area (Å²) >= 11 is 5.98. The Balaban J connectivity index is 1.79. The second-order valence-corrected chi connectivity index (χ2v) is 5.88. The minimum absolute atomic E-state index is 0.276. The van der Waals surface area contributed by atoms with Crippen LogP contribution in [0.5, 0.6) is 0 Å². The van der Waals surface area contributed by atoms with E-state index in [4.69, 9.17) is 11.6 Å². The van der Waals surface area contributed by atoms with Crippen LogP contribution in [-0.4, -0.2) is 10.4 Å². The Hall–Kier alpha value is -1.28. The first-order valence-electron chi connectivity index (χ1n) is 7.01. The van der Waals surface area contributed by atoms with Gasteiger partial charge in [0.2, 0.25) is 0 Å². The molecule has 0 saturated heterocycles. The average molecular weight is 276 g/mol. The quantitative estimate of drug-likeness (QED) is 0.811. The predicted molar refractivity (Wildman–Crippen MR) is 78.5 cm³/mol. The number of carbonyl (C=O) groups excluding carboxylic acids is 1. The number of rotatable bonds is 3. The highest BCUT2D eigenvalue weighted by Gasteiger charge is 2.21. The van der Waals surface area contributed by atoms with Gasteiger partial charge < -0.3 is 4.57 Å². The van der Waals surface area contributed by atoms with Crippen LogP contribution < -0.4 is 0 Å². The van der Waals surface area contributed by atoms with Gasteiger partial charge in [0.25, 0.3) is 0 Å². The van der Waals surface area contributed by atoms with Gasteiger partial charge in [-0.15, -0.1) is 0 Å². The number of ketones is 1. The van der Waals surface area contributed by atoms with Crippen LogP contribution in [0.15, 0.2) is 30.5 Å². The lowest BCUT2D eigenvalue weighted by atomic mass is 9.86. The molecule has 0 atom stereocenters. The Labute approximate surface area is 118 Å². The molecule has 0 spiro atoms. The second-order valence-electron chi connectivity index (χ2n) is 5.45. The van der Waals surface area contributed by atoms with Crippen LogP contribution in [0, 0.1) is 5.92 Å². The molecule has 2 aromatic rings. The van der Waals surface area contributed by atoms with Crippen molar-refractivity contribution in [3.63, 3.8) is 0 Å². The van der Waals surface area contributed by atoms with Crippen molar-refractivity contribution in [2.75, 3.05) is 0 Å². The molecule has 1 aromatic carbocycles. The van der Waals surface area contributed by atoms with Gasteiger partial charge in [-0.05, 0) is 37.1 Å². The Bertz CT molecular complexity index is 596. The van der Waals surface area contributed by atoms with Crippen LogP contribution in [0.25, 0.3) is 10.9 Å². The zero-order valence-electron chi connectivity index (χ0n) is 10.9. The molecule has 1 heterocycles. The normalized spacial score (nSPS) is 16.9. The van der Waals surface area contributed by atoms with Crippen molar-refractivity contribution in [1.82, 2.24) is 4.57 Å². The van der Waals surface area contributed by atoms with Gasteiger partial charge in [0.1, 0.15) is 0 Å². The fourth-order valence-corrected chi connectivity index (χ4v) is 3.21. The summed E-state index contributed by atoms with van der Waals surface area (Å²) in [6.45, 7) is 0.496. The molecule has 2 nitrogen and oxygen atoms in total. The fourth-order valence-electron chi connectivity index (χ4n) is 3.03. The maximum Gasteiger partial charge on any atom is 0.155 e. The largest absolute Gasteiger partial charge is 0.340 e. The van der Waals surface area contributed by atoms with E-state index < -0.39 is 0 Å². The van der Waals surface area contributed by atoms with E-state index in [1.165, 1.54) is 19.3 Å². The van der Waals surface area contributed by atoms with Crippen molar-refractivity contribution < 1.29 is 4.79 Å². The second kappa shape index (κ2) is 5.38. The van der Waals surface area contributed by atoms with Crippen LogP contribution >= 0.6 is 11.6 Å². The minimum Gasteiger partial charge on any atom is -0.340 e. The van der Waals surface area contributed by atoms with E-state index >= 15 is 0 Å². The topological polar surface area (TPSA) is 22.0 Å². The molecule has 100 valence electrons. The van der Waals surface area contributed by atoms with Crippen LogP contribution in [-0.2, 0) is 11.3 Å². The summed E-state index contributed by atoms with van der Waals surface area (Å²) in [6, 6.07) is 7.84. The minimum atomic E-state index is 0.276. The fraction of sp³-hybridized carbons (Fsp3) is 0.438. The van der Waals surface area contributed by atoms with Crippen LogP contribution in [0.3, 0.4) is 0 Å². The third-order valence-electron chi connectivity index (χ3n) is 4.12. The number of hydrogen-bond donors (Lipinski definition) is 0. The third-order valence-corrected chi connectivity index (χ3v) is 4.35. The lowest BCUT2D eigenvalue weighted by Crippen LogP contribution is -2.22. The Kier molecular flexibility index (Phi) is 3.61. The van der Waals surface area contributed by atoms with Crippen LogP contribution in [0.1, 0.15) is 32.1 Å². The van der Waals surface area contributed by atoms with E-state index in [0.717, 1.165) is 28.8 Å². The molecular formula is C16H18ClNO. The Morgan fingerprint density at radius 3 is 2.79 bits per heavy atom. The number of hydrogen-bond acceptors (Lipinski definition) is 1. The number of fused-ring (bicyclic) bond motifs is 1. The number of Topliss-reactive ketones (excluding diaryl/α,β-unsaturated/α-hetero) is 1.